The first-order chi connectivity index (χ1) is 7.85. The van der Waals surface area contributed by atoms with Crippen molar-refractivity contribution < 1.29 is 0 Å². The van der Waals surface area contributed by atoms with Gasteiger partial charge in [0.1, 0.15) is 0 Å². The van der Waals surface area contributed by atoms with Crippen LogP contribution in [0.15, 0.2) is 48.5 Å². The van der Waals surface area contributed by atoms with Gasteiger partial charge in [-0.1, -0.05) is 93.7 Å². The van der Waals surface area contributed by atoms with Crippen LogP contribution in [0.25, 0.3) is 8.17 Å². The second kappa shape index (κ2) is 5.82. The van der Waals surface area contributed by atoms with Crippen molar-refractivity contribution in [2.45, 2.75) is 0 Å². The SMILES string of the molecule is IC=c1ccc(=c2ccccc2=CI)cc1. The Morgan fingerprint density at radius 1 is 0.750 bits per heavy atom. The maximum absolute atomic E-state index is 2.29. The van der Waals surface area contributed by atoms with Gasteiger partial charge in [-0.15, -0.1) is 0 Å². The van der Waals surface area contributed by atoms with Gasteiger partial charge in [0.15, 0.2) is 0 Å². The predicted molar refractivity (Wildman–Crippen MR) is 86.8 cm³/mol. The molecule has 0 radical (unpaired) electrons. The fourth-order valence-corrected chi connectivity index (χ4v) is 2.55. The number of halogens is 2. The summed E-state index contributed by atoms with van der Waals surface area (Å²) in [5.41, 5.74) is 0. The molecule has 2 aromatic carbocycles. The zero-order valence-corrected chi connectivity index (χ0v) is 12.8. The van der Waals surface area contributed by atoms with Gasteiger partial charge in [-0.3, -0.25) is 0 Å². The highest BCUT2D eigenvalue weighted by molar-refractivity contribution is 14.1. The minimum atomic E-state index is 1.25. The Hall–Kier alpha value is -0.360. The number of rotatable bonds is 0. The highest BCUT2D eigenvalue weighted by Gasteiger charge is 1.85. The third kappa shape index (κ3) is 2.66. The van der Waals surface area contributed by atoms with Gasteiger partial charge >= 0.3 is 0 Å². The third-order valence-corrected chi connectivity index (χ3v) is 3.82. The fourth-order valence-electron chi connectivity index (χ4n) is 1.59. The molecule has 0 aliphatic rings. The van der Waals surface area contributed by atoms with E-state index in [1.165, 1.54) is 20.9 Å². The normalized spacial score (nSPS) is 11.5. The van der Waals surface area contributed by atoms with Gasteiger partial charge in [0.05, 0.1) is 0 Å². The van der Waals surface area contributed by atoms with Crippen LogP contribution in [0.5, 0.6) is 0 Å². The Kier molecular flexibility index (Phi) is 4.40. The number of benzene rings is 2. The van der Waals surface area contributed by atoms with Crippen LogP contribution in [0.1, 0.15) is 0 Å². The van der Waals surface area contributed by atoms with E-state index >= 15 is 0 Å². The molecule has 0 N–H and O–H groups in total. The van der Waals surface area contributed by atoms with Crippen molar-refractivity contribution in [1.82, 2.24) is 0 Å². The molecule has 0 aliphatic carbocycles. The van der Waals surface area contributed by atoms with Crippen molar-refractivity contribution >= 4 is 53.3 Å². The summed E-state index contributed by atoms with van der Waals surface area (Å²) < 4.78 is 4.20. The van der Waals surface area contributed by atoms with E-state index in [4.69, 9.17) is 0 Å². The molecule has 0 aliphatic heterocycles. The summed E-state index contributed by atoms with van der Waals surface area (Å²) in [4.78, 5) is 0. The van der Waals surface area contributed by atoms with Gasteiger partial charge in [-0.2, -0.15) is 0 Å². The second-order valence-corrected chi connectivity index (χ2v) is 4.67. The van der Waals surface area contributed by atoms with Crippen LogP contribution in [0, 0.1) is 10.4 Å². The second-order valence-electron chi connectivity index (χ2n) is 3.43. The molecule has 0 atom stereocenters. The molecule has 0 amide bonds. The van der Waals surface area contributed by atoms with E-state index in [2.05, 4.69) is 102 Å². The van der Waals surface area contributed by atoms with Crippen LogP contribution >= 0.6 is 45.2 Å². The number of hydrogen-bond donors (Lipinski definition) is 0. The van der Waals surface area contributed by atoms with Crippen molar-refractivity contribution in [3.05, 3.63) is 69.4 Å². The molecule has 80 valence electrons. The zero-order chi connectivity index (χ0) is 11.4. The molecular weight excluding hydrogens is 422 g/mol. The molecule has 0 bridgehead atoms. The molecular formula is C14H10I2. The van der Waals surface area contributed by atoms with E-state index in [1.807, 2.05) is 0 Å². The van der Waals surface area contributed by atoms with Crippen LogP contribution in [0.2, 0.25) is 0 Å². The van der Waals surface area contributed by atoms with Crippen LogP contribution in [0.3, 0.4) is 0 Å². The van der Waals surface area contributed by atoms with Gasteiger partial charge in [-0.05, 0) is 29.0 Å². The maximum Gasteiger partial charge on any atom is -0.0107 e. The monoisotopic (exact) mass is 432 g/mol. The van der Waals surface area contributed by atoms with E-state index < -0.39 is 0 Å². The Morgan fingerprint density at radius 2 is 1.44 bits per heavy atom. The topological polar surface area (TPSA) is 0 Å². The quantitative estimate of drug-likeness (QED) is 0.561. The minimum absolute atomic E-state index is 1.25. The van der Waals surface area contributed by atoms with Gasteiger partial charge in [-0.25, -0.2) is 0 Å². The Labute approximate surface area is 122 Å². The molecule has 2 aromatic rings. The summed E-state index contributed by atoms with van der Waals surface area (Å²) >= 11 is 4.55. The molecule has 0 fully saturated rings. The summed E-state index contributed by atoms with van der Waals surface area (Å²) in [6, 6.07) is 17.1. The summed E-state index contributed by atoms with van der Waals surface area (Å²) in [5.74, 6) is 0. The van der Waals surface area contributed by atoms with Crippen LogP contribution in [-0.2, 0) is 0 Å². The van der Waals surface area contributed by atoms with E-state index in [0.29, 0.717) is 0 Å². The van der Waals surface area contributed by atoms with Gasteiger partial charge in [0, 0.05) is 0 Å². The van der Waals surface area contributed by atoms with Crippen molar-refractivity contribution in [1.29, 1.82) is 0 Å². The molecule has 0 aromatic heterocycles. The Morgan fingerprint density at radius 3 is 2.06 bits per heavy atom. The van der Waals surface area contributed by atoms with Crippen LogP contribution < -0.4 is 10.4 Å². The summed E-state index contributed by atoms with van der Waals surface area (Å²) in [7, 11) is 0. The molecule has 0 spiro atoms. The molecule has 0 heterocycles. The molecule has 16 heavy (non-hydrogen) atoms. The first-order valence-corrected chi connectivity index (χ1v) is 7.40. The van der Waals surface area contributed by atoms with E-state index in [-0.39, 0.29) is 0 Å². The molecule has 0 nitrogen and oxygen atoms in total. The van der Waals surface area contributed by atoms with Crippen molar-refractivity contribution in [2.24, 2.45) is 0 Å². The standard InChI is InChI=1S/C14H10I2/c15-9-11-5-7-12(8-6-11)14-4-2-1-3-13(14)10-16/h1-10H. The number of hydrogen-bond acceptors (Lipinski definition) is 0. The highest BCUT2D eigenvalue weighted by atomic mass is 127. The largest absolute Gasteiger partial charge is 0.0616 e. The minimum Gasteiger partial charge on any atom is -0.0616 e. The molecule has 0 saturated carbocycles. The van der Waals surface area contributed by atoms with Crippen LogP contribution in [-0.4, -0.2) is 0 Å². The Bertz CT molecular complexity index is 664. The molecule has 2 heteroatoms. The predicted octanol–water partition coefficient (Wildman–Crippen LogP) is 3.32. The van der Waals surface area contributed by atoms with Crippen molar-refractivity contribution in [3.63, 3.8) is 0 Å². The molecule has 0 saturated heterocycles. The fraction of sp³-hybridized carbons (Fsp3) is 0. The smallest absolute Gasteiger partial charge is 0.0107 e. The lowest BCUT2D eigenvalue weighted by atomic mass is 10.2. The van der Waals surface area contributed by atoms with Crippen LogP contribution in [0.4, 0.5) is 0 Å². The highest BCUT2D eigenvalue weighted by Crippen LogP contribution is 1.93. The third-order valence-electron chi connectivity index (χ3n) is 2.43. The first kappa shape index (κ1) is 12.1. The summed E-state index contributed by atoms with van der Waals surface area (Å²) in [5, 5.41) is 5.08. The lowest BCUT2D eigenvalue weighted by molar-refractivity contribution is 1.43. The average Bonchev–Trinajstić information content (AvgIpc) is 2.39. The van der Waals surface area contributed by atoms with Gasteiger partial charge in [0.25, 0.3) is 0 Å². The molecule has 2 rings (SSSR count). The van der Waals surface area contributed by atoms with Gasteiger partial charge < -0.3 is 0 Å². The lowest BCUT2D eigenvalue weighted by Gasteiger charge is -1.91. The van der Waals surface area contributed by atoms with E-state index in [0.717, 1.165) is 0 Å². The molecule has 0 unspecified atom stereocenters. The first-order valence-electron chi connectivity index (χ1n) is 4.91. The maximum atomic E-state index is 2.29. The zero-order valence-electron chi connectivity index (χ0n) is 8.53. The average molecular weight is 432 g/mol. The summed E-state index contributed by atoms with van der Waals surface area (Å²) in [6.45, 7) is 0. The Balaban J connectivity index is 2.92. The van der Waals surface area contributed by atoms with E-state index in [1.54, 1.807) is 0 Å². The van der Waals surface area contributed by atoms with Crippen molar-refractivity contribution in [3.8, 4) is 0 Å². The van der Waals surface area contributed by atoms with E-state index in [9.17, 15) is 0 Å². The lowest BCUT2D eigenvalue weighted by Crippen LogP contribution is -2.01. The summed E-state index contributed by atoms with van der Waals surface area (Å²) in [6.07, 6.45) is 0. The van der Waals surface area contributed by atoms with Gasteiger partial charge in [0.2, 0.25) is 0 Å². The van der Waals surface area contributed by atoms with Crippen molar-refractivity contribution in [2.75, 3.05) is 0 Å².